The third kappa shape index (κ3) is 3.99. The summed E-state index contributed by atoms with van der Waals surface area (Å²) in [6.07, 6.45) is 5.76. The van der Waals surface area contributed by atoms with Crippen LogP contribution in [0.5, 0.6) is 0 Å². The molecular weight excluding hydrogens is 424 g/mol. The van der Waals surface area contributed by atoms with Gasteiger partial charge in [0, 0.05) is 36.8 Å². The number of carbonyl (C=O) groups excluding carboxylic acids is 2. The van der Waals surface area contributed by atoms with Crippen LogP contribution in [0.2, 0.25) is 5.02 Å². The van der Waals surface area contributed by atoms with Crippen molar-refractivity contribution in [2.24, 2.45) is 0 Å². The Hall–Kier alpha value is -3.22. The maximum absolute atomic E-state index is 12.5. The molecule has 2 aliphatic rings. The van der Waals surface area contributed by atoms with E-state index in [9.17, 15) is 9.59 Å². The Labute approximate surface area is 191 Å². The van der Waals surface area contributed by atoms with Gasteiger partial charge in [0.25, 0.3) is 11.8 Å². The number of rotatable bonds is 6. The number of imide groups is 1. The van der Waals surface area contributed by atoms with Gasteiger partial charge in [-0.05, 0) is 42.7 Å². The predicted molar refractivity (Wildman–Crippen MR) is 123 cm³/mol. The van der Waals surface area contributed by atoms with E-state index in [1.54, 1.807) is 24.3 Å². The minimum atomic E-state index is -0.182. The van der Waals surface area contributed by atoms with Crippen molar-refractivity contribution >= 4 is 23.4 Å². The van der Waals surface area contributed by atoms with Gasteiger partial charge in [-0.2, -0.15) is 5.10 Å². The summed E-state index contributed by atoms with van der Waals surface area (Å²) in [4.78, 5) is 28.8. The monoisotopic (exact) mass is 446 g/mol. The highest BCUT2D eigenvalue weighted by Crippen LogP contribution is 2.26. The van der Waals surface area contributed by atoms with Gasteiger partial charge >= 0.3 is 0 Å². The Morgan fingerprint density at radius 3 is 2.38 bits per heavy atom. The number of H-pyrrole nitrogens is 1. The quantitative estimate of drug-likeness (QED) is 0.445. The molecule has 7 heteroatoms. The van der Waals surface area contributed by atoms with E-state index in [4.69, 9.17) is 11.6 Å². The summed E-state index contributed by atoms with van der Waals surface area (Å²) in [6.45, 7) is 3.00. The number of hydrogen-bond acceptors (Lipinski definition) is 4. The molecule has 0 radical (unpaired) electrons. The number of aromatic nitrogens is 2. The van der Waals surface area contributed by atoms with Crippen molar-refractivity contribution in [1.82, 2.24) is 20.0 Å². The average molecular weight is 447 g/mol. The standard InChI is InChI=1S/C25H23ClN4O2/c26-20-7-5-18(6-8-20)23-19(15-27-28-23)16-29-12-9-17(10-13-29)11-14-30-24(31)21-3-1-2-4-22(21)25(30)32/h1-9,15H,10-14,16H2,(H,27,28). The molecule has 6 nitrogen and oxygen atoms in total. The molecule has 0 fully saturated rings. The minimum Gasteiger partial charge on any atom is -0.295 e. The topological polar surface area (TPSA) is 69.3 Å². The summed E-state index contributed by atoms with van der Waals surface area (Å²) < 4.78 is 0. The predicted octanol–water partition coefficient (Wildman–Crippen LogP) is 4.55. The lowest BCUT2D eigenvalue weighted by Gasteiger charge is -2.27. The molecule has 0 bridgehead atoms. The van der Waals surface area contributed by atoms with E-state index >= 15 is 0 Å². The van der Waals surface area contributed by atoms with Crippen LogP contribution in [0.25, 0.3) is 11.3 Å². The second-order valence-corrected chi connectivity index (χ2v) is 8.62. The number of amides is 2. The molecular formula is C25H23ClN4O2. The zero-order valence-electron chi connectivity index (χ0n) is 17.6. The average Bonchev–Trinajstić information content (AvgIpc) is 3.37. The van der Waals surface area contributed by atoms with Crippen LogP contribution < -0.4 is 0 Å². The maximum Gasteiger partial charge on any atom is 0.261 e. The van der Waals surface area contributed by atoms with E-state index in [-0.39, 0.29) is 11.8 Å². The molecule has 2 aromatic carbocycles. The van der Waals surface area contributed by atoms with Gasteiger partial charge in [0.05, 0.1) is 23.0 Å². The molecule has 0 aliphatic carbocycles. The van der Waals surface area contributed by atoms with Crippen molar-refractivity contribution in [2.75, 3.05) is 19.6 Å². The smallest absolute Gasteiger partial charge is 0.261 e. The van der Waals surface area contributed by atoms with Crippen molar-refractivity contribution < 1.29 is 9.59 Å². The Bertz CT molecular complexity index is 1160. The summed E-state index contributed by atoms with van der Waals surface area (Å²) in [5.41, 5.74) is 5.55. The highest BCUT2D eigenvalue weighted by Gasteiger charge is 2.34. The van der Waals surface area contributed by atoms with Gasteiger partial charge in [-0.25, -0.2) is 0 Å². The van der Waals surface area contributed by atoms with Crippen LogP contribution in [-0.2, 0) is 6.54 Å². The highest BCUT2D eigenvalue weighted by atomic mass is 35.5. The van der Waals surface area contributed by atoms with E-state index < -0.39 is 0 Å². The Morgan fingerprint density at radius 1 is 1.00 bits per heavy atom. The third-order valence-corrected chi connectivity index (χ3v) is 6.42. The van der Waals surface area contributed by atoms with Gasteiger partial charge in [-0.3, -0.25) is 24.5 Å². The molecule has 0 atom stereocenters. The number of halogens is 1. The fourth-order valence-electron chi connectivity index (χ4n) is 4.36. The fourth-order valence-corrected chi connectivity index (χ4v) is 4.49. The zero-order valence-corrected chi connectivity index (χ0v) is 18.3. The maximum atomic E-state index is 12.5. The largest absolute Gasteiger partial charge is 0.295 e. The van der Waals surface area contributed by atoms with E-state index in [0.717, 1.165) is 49.3 Å². The second-order valence-electron chi connectivity index (χ2n) is 8.18. The molecule has 162 valence electrons. The van der Waals surface area contributed by atoms with E-state index in [1.807, 2.05) is 30.5 Å². The van der Waals surface area contributed by atoms with Crippen LogP contribution in [0.15, 0.2) is 66.4 Å². The summed E-state index contributed by atoms with van der Waals surface area (Å²) in [6, 6.07) is 14.8. The first-order valence-electron chi connectivity index (χ1n) is 10.7. The molecule has 0 saturated carbocycles. The van der Waals surface area contributed by atoms with Crippen LogP contribution >= 0.6 is 11.6 Å². The van der Waals surface area contributed by atoms with Crippen molar-refractivity contribution in [2.45, 2.75) is 19.4 Å². The van der Waals surface area contributed by atoms with Crippen molar-refractivity contribution in [1.29, 1.82) is 0 Å². The molecule has 1 aromatic heterocycles. The summed E-state index contributed by atoms with van der Waals surface area (Å²) >= 11 is 6.01. The second kappa shape index (κ2) is 8.73. The van der Waals surface area contributed by atoms with Crippen LogP contribution in [0.3, 0.4) is 0 Å². The van der Waals surface area contributed by atoms with Gasteiger partial charge in [0.1, 0.15) is 0 Å². The number of aromatic amines is 1. The van der Waals surface area contributed by atoms with E-state index in [0.29, 0.717) is 22.7 Å². The molecule has 0 saturated heterocycles. The SMILES string of the molecule is O=C1c2ccccc2C(=O)N1CCC1=CCN(Cc2cn[nH]c2-c2ccc(Cl)cc2)CC1. The van der Waals surface area contributed by atoms with Crippen LogP contribution in [0.1, 0.15) is 39.1 Å². The number of fused-ring (bicyclic) bond motifs is 1. The Kier molecular flexibility index (Phi) is 5.64. The first-order chi connectivity index (χ1) is 15.6. The van der Waals surface area contributed by atoms with Crippen LogP contribution in [0.4, 0.5) is 0 Å². The lowest BCUT2D eigenvalue weighted by atomic mass is 10.0. The first-order valence-corrected chi connectivity index (χ1v) is 11.1. The van der Waals surface area contributed by atoms with Crippen LogP contribution in [-0.4, -0.2) is 51.4 Å². The number of benzene rings is 2. The van der Waals surface area contributed by atoms with Gasteiger partial charge in [0.15, 0.2) is 0 Å². The number of nitrogens with zero attached hydrogens (tertiary/aromatic N) is 3. The van der Waals surface area contributed by atoms with Crippen molar-refractivity contribution in [3.63, 3.8) is 0 Å². The number of nitrogens with one attached hydrogen (secondary N) is 1. The molecule has 3 aromatic rings. The summed E-state index contributed by atoms with van der Waals surface area (Å²) in [5, 5.41) is 8.05. The first kappa shape index (κ1) is 20.7. The van der Waals surface area contributed by atoms with E-state index in [1.165, 1.54) is 10.5 Å². The van der Waals surface area contributed by atoms with Crippen LogP contribution in [0, 0.1) is 0 Å². The van der Waals surface area contributed by atoms with Gasteiger partial charge in [-0.15, -0.1) is 0 Å². The van der Waals surface area contributed by atoms with Crippen molar-refractivity contribution in [3.05, 3.63) is 88.1 Å². The molecule has 32 heavy (non-hydrogen) atoms. The molecule has 1 N–H and O–H groups in total. The molecule has 0 spiro atoms. The fraction of sp³-hybridized carbons (Fsp3) is 0.240. The third-order valence-electron chi connectivity index (χ3n) is 6.17. The molecule has 2 amide bonds. The minimum absolute atomic E-state index is 0.182. The summed E-state index contributed by atoms with van der Waals surface area (Å²) in [5.74, 6) is -0.364. The normalized spacial score (nSPS) is 16.4. The lowest BCUT2D eigenvalue weighted by Crippen LogP contribution is -2.32. The molecule has 0 unspecified atom stereocenters. The zero-order chi connectivity index (χ0) is 22.1. The van der Waals surface area contributed by atoms with Gasteiger partial charge in [-0.1, -0.05) is 47.5 Å². The lowest BCUT2D eigenvalue weighted by molar-refractivity contribution is 0.0655. The molecule has 3 heterocycles. The number of carbonyl (C=O) groups is 2. The van der Waals surface area contributed by atoms with Gasteiger partial charge < -0.3 is 0 Å². The highest BCUT2D eigenvalue weighted by molar-refractivity contribution is 6.30. The summed E-state index contributed by atoms with van der Waals surface area (Å²) in [7, 11) is 0. The van der Waals surface area contributed by atoms with Crippen molar-refractivity contribution in [3.8, 4) is 11.3 Å². The Balaban J connectivity index is 1.18. The number of hydrogen-bond donors (Lipinski definition) is 1. The van der Waals surface area contributed by atoms with E-state index in [2.05, 4.69) is 21.2 Å². The Morgan fingerprint density at radius 2 is 1.72 bits per heavy atom. The van der Waals surface area contributed by atoms with Gasteiger partial charge in [0.2, 0.25) is 0 Å². The molecule has 5 rings (SSSR count). The molecule has 2 aliphatic heterocycles.